The number of anilines is 1. The highest BCUT2D eigenvalue weighted by Gasteiger charge is 2.25. The molecule has 25 heavy (non-hydrogen) atoms. The first-order valence-corrected chi connectivity index (χ1v) is 9.70. The summed E-state index contributed by atoms with van der Waals surface area (Å²) in [6.45, 7) is 1.78. The number of hydrogen-bond acceptors (Lipinski definition) is 3. The van der Waals surface area contributed by atoms with Crippen LogP contribution in [0.4, 0.5) is 10.1 Å². The number of hydrogen-bond donors (Lipinski definition) is 1. The van der Waals surface area contributed by atoms with E-state index >= 15 is 0 Å². The second kappa shape index (κ2) is 8.22. The van der Waals surface area contributed by atoms with Gasteiger partial charge in [0.25, 0.3) is 0 Å². The van der Waals surface area contributed by atoms with Crippen molar-refractivity contribution in [1.82, 2.24) is 4.31 Å². The average Bonchev–Trinajstić information content (AvgIpc) is 2.56. The molecule has 0 saturated heterocycles. The zero-order valence-corrected chi connectivity index (χ0v) is 15.0. The lowest BCUT2D eigenvalue weighted by Gasteiger charge is -2.27. The van der Waals surface area contributed by atoms with Crippen LogP contribution in [-0.2, 0) is 14.8 Å². The zero-order valence-electron chi connectivity index (χ0n) is 14.1. The number of halogens is 1. The standard InChI is InChI=1S/C18H21FN2O3S/c1-14(15-8-4-3-5-9-15)21(25(2,23)24)13-12-18(22)20-17-11-7-6-10-16(17)19/h3-11,14H,12-13H2,1-2H3,(H,20,22). The molecule has 1 N–H and O–H groups in total. The van der Waals surface area contributed by atoms with E-state index in [9.17, 15) is 17.6 Å². The van der Waals surface area contributed by atoms with Crippen molar-refractivity contribution in [2.75, 3.05) is 18.1 Å². The van der Waals surface area contributed by atoms with Crippen LogP contribution in [0.5, 0.6) is 0 Å². The Morgan fingerprint density at radius 3 is 2.32 bits per heavy atom. The minimum absolute atomic E-state index is 0.00911. The lowest BCUT2D eigenvalue weighted by molar-refractivity contribution is -0.116. The Hall–Kier alpha value is -2.25. The van der Waals surface area contributed by atoms with Crippen molar-refractivity contribution in [3.63, 3.8) is 0 Å². The number of sulfonamides is 1. The number of para-hydroxylation sites is 1. The minimum Gasteiger partial charge on any atom is -0.324 e. The molecule has 0 aliphatic heterocycles. The van der Waals surface area contributed by atoms with Crippen molar-refractivity contribution in [1.29, 1.82) is 0 Å². The number of nitrogens with one attached hydrogen (secondary N) is 1. The summed E-state index contributed by atoms with van der Waals surface area (Å²) in [4.78, 5) is 12.1. The van der Waals surface area contributed by atoms with Gasteiger partial charge in [0, 0.05) is 19.0 Å². The molecule has 7 heteroatoms. The number of nitrogens with zero attached hydrogens (tertiary/aromatic N) is 1. The molecule has 1 unspecified atom stereocenters. The van der Waals surface area contributed by atoms with E-state index in [1.165, 1.54) is 22.5 Å². The van der Waals surface area contributed by atoms with Crippen LogP contribution in [-0.4, -0.2) is 31.4 Å². The summed E-state index contributed by atoms with van der Waals surface area (Å²) in [5.74, 6) is -0.979. The van der Waals surface area contributed by atoms with E-state index in [1.807, 2.05) is 30.3 Å². The van der Waals surface area contributed by atoms with Crippen LogP contribution >= 0.6 is 0 Å². The van der Waals surface area contributed by atoms with Gasteiger partial charge in [-0.2, -0.15) is 4.31 Å². The van der Waals surface area contributed by atoms with Crippen LogP contribution < -0.4 is 5.32 Å². The van der Waals surface area contributed by atoms with Crippen molar-refractivity contribution >= 4 is 21.6 Å². The van der Waals surface area contributed by atoms with Crippen LogP contribution in [0.1, 0.15) is 24.9 Å². The summed E-state index contributed by atoms with van der Waals surface area (Å²) < 4.78 is 39.0. The second-order valence-corrected chi connectivity index (χ2v) is 7.67. The fraction of sp³-hybridized carbons (Fsp3) is 0.278. The van der Waals surface area contributed by atoms with Gasteiger partial charge >= 0.3 is 0 Å². The molecule has 1 amide bonds. The quantitative estimate of drug-likeness (QED) is 0.821. The lowest BCUT2D eigenvalue weighted by atomic mass is 10.1. The Bertz CT molecular complexity index is 825. The normalized spacial score (nSPS) is 12.8. The van der Waals surface area contributed by atoms with E-state index in [4.69, 9.17) is 0 Å². The Morgan fingerprint density at radius 1 is 1.12 bits per heavy atom. The topological polar surface area (TPSA) is 66.5 Å². The molecular weight excluding hydrogens is 343 g/mol. The zero-order chi connectivity index (χ0) is 18.4. The first kappa shape index (κ1) is 19.1. The van der Waals surface area contributed by atoms with Gasteiger partial charge in [-0.1, -0.05) is 42.5 Å². The summed E-state index contributed by atoms with van der Waals surface area (Å²) >= 11 is 0. The summed E-state index contributed by atoms with van der Waals surface area (Å²) in [7, 11) is -3.51. The van der Waals surface area contributed by atoms with E-state index in [0.717, 1.165) is 11.8 Å². The van der Waals surface area contributed by atoms with Crippen LogP contribution in [0.15, 0.2) is 54.6 Å². The summed E-state index contributed by atoms with van der Waals surface area (Å²) in [6, 6.07) is 14.6. The molecule has 0 saturated carbocycles. The van der Waals surface area contributed by atoms with Gasteiger partial charge in [-0.05, 0) is 24.6 Å². The maximum atomic E-state index is 13.6. The molecule has 0 aliphatic carbocycles. The summed E-state index contributed by atoms with van der Waals surface area (Å²) in [5.41, 5.74) is 0.914. The highest BCUT2D eigenvalue weighted by molar-refractivity contribution is 7.88. The molecule has 0 spiro atoms. The van der Waals surface area contributed by atoms with Crippen LogP contribution in [0.3, 0.4) is 0 Å². The highest BCUT2D eigenvalue weighted by atomic mass is 32.2. The van der Waals surface area contributed by atoms with E-state index in [0.29, 0.717) is 0 Å². The molecule has 0 aromatic heterocycles. The third-order valence-electron chi connectivity index (χ3n) is 3.85. The van der Waals surface area contributed by atoms with Crippen molar-refractivity contribution < 1.29 is 17.6 Å². The molecule has 0 aliphatic rings. The SMILES string of the molecule is CC(c1ccccc1)N(CCC(=O)Nc1ccccc1F)S(C)(=O)=O. The van der Waals surface area contributed by atoms with E-state index in [-0.39, 0.29) is 18.7 Å². The Kier molecular flexibility index (Phi) is 6.27. The third kappa shape index (κ3) is 5.37. The molecule has 0 radical (unpaired) electrons. The number of amides is 1. The molecule has 0 fully saturated rings. The van der Waals surface area contributed by atoms with Gasteiger partial charge in [0.2, 0.25) is 15.9 Å². The van der Waals surface area contributed by atoms with Gasteiger partial charge in [-0.25, -0.2) is 12.8 Å². The van der Waals surface area contributed by atoms with Crippen molar-refractivity contribution in [3.05, 3.63) is 66.0 Å². The van der Waals surface area contributed by atoms with Gasteiger partial charge < -0.3 is 5.32 Å². The lowest BCUT2D eigenvalue weighted by Crippen LogP contribution is -2.35. The maximum absolute atomic E-state index is 13.6. The molecule has 2 aromatic carbocycles. The number of benzene rings is 2. The highest BCUT2D eigenvalue weighted by Crippen LogP contribution is 2.23. The number of rotatable bonds is 7. The monoisotopic (exact) mass is 364 g/mol. The Balaban J connectivity index is 2.06. The number of carbonyl (C=O) groups excluding carboxylic acids is 1. The van der Waals surface area contributed by atoms with Crippen molar-refractivity contribution in [2.24, 2.45) is 0 Å². The third-order valence-corrected chi connectivity index (χ3v) is 5.20. The van der Waals surface area contributed by atoms with E-state index in [2.05, 4.69) is 5.32 Å². The molecule has 1 atom stereocenters. The minimum atomic E-state index is -3.51. The van der Waals surface area contributed by atoms with Crippen molar-refractivity contribution in [2.45, 2.75) is 19.4 Å². The predicted octanol–water partition coefficient (Wildman–Crippen LogP) is 3.18. The maximum Gasteiger partial charge on any atom is 0.225 e. The molecule has 2 aromatic rings. The molecule has 2 rings (SSSR count). The average molecular weight is 364 g/mol. The van der Waals surface area contributed by atoms with Crippen molar-refractivity contribution in [3.8, 4) is 0 Å². The molecular formula is C18H21FN2O3S. The first-order chi connectivity index (χ1) is 11.8. The first-order valence-electron chi connectivity index (χ1n) is 7.85. The van der Waals surface area contributed by atoms with Gasteiger partial charge in [-0.3, -0.25) is 4.79 Å². The molecule has 5 nitrogen and oxygen atoms in total. The van der Waals surface area contributed by atoms with E-state index < -0.39 is 27.8 Å². The Morgan fingerprint density at radius 2 is 1.72 bits per heavy atom. The van der Waals surface area contributed by atoms with Gasteiger partial charge in [0.1, 0.15) is 5.82 Å². The molecule has 0 heterocycles. The summed E-state index contributed by atoms with van der Waals surface area (Å²) in [6.07, 6.45) is 1.04. The fourth-order valence-electron chi connectivity index (χ4n) is 2.53. The van der Waals surface area contributed by atoms with Gasteiger partial charge in [-0.15, -0.1) is 0 Å². The molecule has 134 valence electrons. The van der Waals surface area contributed by atoms with Crippen LogP contribution in [0.25, 0.3) is 0 Å². The van der Waals surface area contributed by atoms with Gasteiger partial charge in [0.05, 0.1) is 11.9 Å². The largest absolute Gasteiger partial charge is 0.324 e. The van der Waals surface area contributed by atoms with Crippen LogP contribution in [0, 0.1) is 5.82 Å². The molecule has 0 bridgehead atoms. The second-order valence-electron chi connectivity index (χ2n) is 5.74. The Labute approximate surface area is 147 Å². The summed E-state index contributed by atoms with van der Waals surface area (Å²) in [5, 5.41) is 2.46. The number of carbonyl (C=O) groups is 1. The van der Waals surface area contributed by atoms with E-state index in [1.54, 1.807) is 13.0 Å². The van der Waals surface area contributed by atoms with Crippen LogP contribution in [0.2, 0.25) is 0 Å². The van der Waals surface area contributed by atoms with Gasteiger partial charge in [0.15, 0.2) is 0 Å². The smallest absolute Gasteiger partial charge is 0.225 e. The predicted molar refractivity (Wildman–Crippen MR) is 96.1 cm³/mol. The fourth-order valence-corrected chi connectivity index (χ4v) is 3.65.